The van der Waals surface area contributed by atoms with Gasteiger partial charge >= 0.3 is 0 Å². The van der Waals surface area contributed by atoms with Crippen molar-refractivity contribution in [2.75, 3.05) is 5.32 Å². The molecule has 4 heteroatoms. The van der Waals surface area contributed by atoms with Gasteiger partial charge in [-0.1, -0.05) is 12.1 Å². The molecule has 0 unspecified atom stereocenters. The highest BCUT2D eigenvalue weighted by atomic mass is 16.3. The molecule has 0 radical (unpaired) electrons. The van der Waals surface area contributed by atoms with Crippen LogP contribution in [0.1, 0.15) is 17.1 Å². The molecule has 0 aliphatic carbocycles. The molecule has 0 bridgehead atoms. The second-order valence-electron chi connectivity index (χ2n) is 4.21. The maximum absolute atomic E-state index is 10.8. The highest BCUT2D eigenvalue weighted by molar-refractivity contribution is 5.76. The lowest BCUT2D eigenvalue weighted by Gasteiger charge is -2.05. The number of carbonyl (C=O) groups excluding carboxylic acids is 1. The number of furan rings is 1. The van der Waals surface area contributed by atoms with Crippen molar-refractivity contribution in [2.45, 2.75) is 19.9 Å². The Balaban J connectivity index is 1.92. The number of amides is 1. The minimum Gasteiger partial charge on any atom is -0.465 e. The van der Waals surface area contributed by atoms with Crippen molar-refractivity contribution in [3.63, 3.8) is 0 Å². The number of primary amides is 1. The van der Waals surface area contributed by atoms with Gasteiger partial charge in [-0.2, -0.15) is 0 Å². The molecule has 1 amide bonds. The van der Waals surface area contributed by atoms with Gasteiger partial charge in [-0.3, -0.25) is 4.79 Å². The number of anilines is 1. The highest BCUT2D eigenvalue weighted by Gasteiger charge is 2.00. The summed E-state index contributed by atoms with van der Waals surface area (Å²) in [6.45, 7) is 2.56. The summed E-state index contributed by atoms with van der Waals surface area (Å²) in [6.07, 6.45) is 0.275. The van der Waals surface area contributed by atoms with Gasteiger partial charge in [0.15, 0.2) is 0 Å². The van der Waals surface area contributed by atoms with E-state index in [2.05, 4.69) is 5.32 Å². The summed E-state index contributed by atoms with van der Waals surface area (Å²) in [5, 5.41) is 3.24. The van der Waals surface area contributed by atoms with E-state index >= 15 is 0 Å². The summed E-state index contributed by atoms with van der Waals surface area (Å²) in [6, 6.07) is 11.5. The van der Waals surface area contributed by atoms with E-state index in [9.17, 15) is 4.79 Å². The number of hydrogen-bond acceptors (Lipinski definition) is 3. The molecular weight excluding hydrogens is 228 g/mol. The molecule has 0 aliphatic heterocycles. The minimum absolute atomic E-state index is 0.275. The third kappa shape index (κ3) is 3.38. The van der Waals surface area contributed by atoms with Crippen LogP contribution in [0.15, 0.2) is 40.8 Å². The highest BCUT2D eigenvalue weighted by Crippen LogP contribution is 2.13. The topological polar surface area (TPSA) is 68.3 Å². The zero-order valence-electron chi connectivity index (χ0n) is 10.3. The third-order valence-electron chi connectivity index (χ3n) is 2.60. The Hall–Kier alpha value is -2.23. The van der Waals surface area contributed by atoms with Gasteiger partial charge in [0.2, 0.25) is 5.91 Å². The van der Waals surface area contributed by atoms with Crippen molar-refractivity contribution in [1.29, 1.82) is 0 Å². The summed E-state index contributed by atoms with van der Waals surface area (Å²) in [4.78, 5) is 10.8. The maximum Gasteiger partial charge on any atom is 0.221 e. The van der Waals surface area contributed by atoms with E-state index in [4.69, 9.17) is 10.2 Å². The first-order chi connectivity index (χ1) is 8.63. The molecule has 0 atom stereocenters. The average Bonchev–Trinajstić information content (AvgIpc) is 2.74. The van der Waals surface area contributed by atoms with Crippen LogP contribution in [0.5, 0.6) is 0 Å². The van der Waals surface area contributed by atoms with Gasteiger partial charge in [0.1, 0.15) is 11.5 Å². The zero-order chi connectivity index (χ0) is 13.0. The third-order valence-corrected chi connectivity index (χ3v) is 2.60. The lowest BCUT2D eigenvalue weighted by Crippen LogP contribution is -2.13. The van der Waals surface area contributed by atoms with E-state index in [1.807, 2.05) is 43.3 Å². The zero-order valence-corrected chi connectivity index (χ0v) is 10.3. The lowest BCUT2D eigenvalue weighted by molar-refractivity contribution is -0.117. The molecule has 1 aromatic heterocycles. The SMILES string of the molecule is Cc1ccc(CNc2ccc(CC(N)=O)cc2)o1. The van der Waals surface area contributed by atoms with Crippen LogP contribution in [0.25, 0.3) is 0 Å². The second kappa shape index (κ2) is 5.40. The quantitative estimate of drug-likeness (QED) is 0.847. The number of aryl methyl sites for hydroxylation is 1. The predicted molar refractivity (Wildman–Crippen MR) is 70.1 cm³/mol. The van der Waals surface area contributed by atoms with E-state index in [0.717, 1.165) is 22.8 Å². The van der Waals surface area contributed by atoms with Crippen molar-refractivity contribution < 1.29 is 9.21 Å². The smallest absolute Gasteiger partial charge is 0.221 e. The summed E-state index contributed by atoms with van der Waals surface area (Å²) < 4.78 is 5.46. The number of carbonyl (C=O) groups is 1. The van der Waals surface area contributed by atoms with Crippen molar-refractivity contribution >= 4 is 11.6 Å². The molecule has 4 nitrogen and oxygen atoms in total. The molecule has 0 fully saturated rings. The van der Waals surface area contributed by atoms with Gasteiger partial charge in [-0.25, -0.2) is 0 Å². The van der Waals surface area contributed by atoms with E-state index < -0.39 is 0 Å². The predicted octanol–water partition coefficient (Wildman–Crippen LogP) is 2.23. The van der Waals surface area contributed by atoms with Gasteiger partial charge in [-0.05, 0) is 36.8 Å². The lowest BCUT2D eigenvalue weighted by atomic mass is 10.1. The summed E-state index contributed by atoms with van der Waals surface area (Å²) >= 11 is 0. The normalized spacial score (nSPS) is 10.3. The summed E-state index contributed by atoms with van der Waals surface area (Å²) in [5.41, 5.74) is 7.03. The van der Waals surface area contributed by atoms with E-state index in [1.165, 1.54) is 0 Å². The second-order valence-corrected chi connectivity index (χ2v) is 4.21. The number of benzene rings is 1. The Morgan fingerprint density at radius 3 is 2.50 bits per heavy atom. The van der Waals surface area contributed by atoms with Gasteiger partial charge in [0, 0.05) is 5.69 Å². The van der Waals surface area contributed by atoms with Crippen LogP contribution in [0.4, 0.5) is 5.69 Å². The molecule has 0 saturated heterocycles. The molecular formula is C14H16N2O2. The molecule has 0 spiro atoms. The molecule has 18 heavy (non-hydrogen) atoms. The number of nitrogens with two attached hydrogens (primary N) is 1. The number of rotatable bonds is 5. The number of hydrogen-bond donors (Lipinski definition) is 2. The van der Waals surface area contributed by atoms with E-state index in [1.54, 1.807) is 0 Å². The Bertz CT molecular complexity index is 529. The molecule has 1 aromatic carbocycles. The van der Waals surface area contributed by atoms with Crippen molar-refractivity contribution in [3.05, 3.63) is 53.5 Å². The molecule has 2 rings (SSSR count). The van der Waals surface area contributed by atoms with Gasteiger partial charge < -0.3 is 15.5 Å². The van der Waals surface area contributed by atoms with Gasteiger partial charge in [-0.15, -0.1) is 0 Å². The largest absolute Gasteiger partial charge is 0.465 e. The van der Waals surface area contributed by atoms with Crippen LogP contribution in [-0.4, -0.2) is 5.91 Å². The summed E-state index contributed by atoms with van der Waals surface area (Å²) in [5.74, 6) is 1.49. The number of nitrogens with one attached hydrogen (secondary N) is 1. The van der Waals surface area contributed by atoms with Crippen molar-refractivity contribution in [2.24, 2.45) is 5.73 Å². The van der Waals surface area contributed by atoms with Gasteiger partial charge in [0.05, 0.1) is 13.0 Å². The minimum atomic E-state index is -0.318. The average molecular weight is 244 g/mol. The molecule has 2 aromatic rings. The van der Waals surface area contributed by atoms with Crippen LogP contribution in [0, 0.1) is 6.92 Å². The van der Waals surface area contributed by atoms with E-state index in [0.29, 0.717) is 6.54 Å². The monoisotopic (exact) mass is 244 g/mol. The Labute approximate surface area is 106 Å². The first kappa shape index (κ1) is 12.2. The van der Waals surface area contributed by atoms with Crippen molar-refractivity contribution in [3.8, 4) is 0 Å². The molecule has 0 aliphatic rings. The Morgan fingerprint density at radius 2 is 1.94 bits per heavy atom. The van der Waals surface area contributed by atoms with Crippen LogP contribution in [0.2, 0.25) is 0 Å². The Morgan fingerprint density at radius 1 is 1.22 bits per heavy atom. The first-order valence-electron chi connectivity index (χ1n) is 5.80. The summed E-state index contributed by atoms with van der Waals surface area (Å²) in [7, 11) is 0. The molecule has 94 valence electrons. The maximum atomic E-state index is 10.8. The van der Waals surface area contributed by atoms with Gasteiger partial charge in [0.25, 0.3) is 0 Å². The van der Waals surface area contributed by atoms with Crippen molar-refractivity contribution in [1.82, 2.24) is 0 Å². The fourth-order valence-electron chi connectivity index (χ4n) is 1.71. The molecule has 0 saturated carbocycles. The molecule has 1 heterocycles. The standard InChI is InChI=1S/C14H16N2O2/c1-10-2-7-13(18-10)9-16-12-5-3-11(4-6-12)8-14(15)17/h2-7,16H,8-9H2,1H3,(H2,15,17). The van der Waals surface area contributed by atoms with Crippen LogP contribution >= 0.6 is 0 Å². The van der Waals surface area contributed by atoms with E-state index in [-0.39, 0.29) is 12.3 Å². The molecule has 3 N–H and O–H groups in total. The fourth-order valence-corrected chi connectivity index (χ4v) is 1.71. The van der Waals surface area contributed by atoms with Crippen LogP contribution in [-0.2, 0) is 17.8 Å². The Kier molecular flexibility index (Phi) is 3.67. The fraction of sp³-hybridized carbons (Fsp3) is 0.214. The first-order valence-corrected chi connectivity index (χ1v) is 5.80. The van der Waals surface area contributed by atoms with Crippen LogP contribution in [0.3, 0.4) is 0 Å². The van der Waals surface area contributed by atoms with Crippen LogP contribution < -0.4 is 11.1 Å².